The van der Waals surface area contributed by atoms with Crippen LogP contribution in [0.2, 0.25) is 0 Å². The summed E-state index contributed by atoms with van der Waals surface area (Å²) in [5.41, 5.74) is 0.785. The fourth-order valence-electron chi connectivity index (χ4n) is 3.52. The summed E-state index contributed by atoms with van der Waals surface area (Å²) in [7, 11) is 0. The van der Waals surface area contributed by atoms with Crippen molar-refractivity contribution in [2.45, 2.75) is 26.0 Å². The standard InChI is InChI=1S/C22H23N3O3/c26-22(17-8-3-1-4-9-17)18-10-7-13-25(14-18)15-21-23-20(24-28-21)16-27-19-11-5-2-6-12-19/h1-6,8-9,11-12,18H,7,10,13-16H2/t18-/m1/s1. The van der Waals surface area contributed by atoms with E-state index < -0.39 is 0 Å². The van der Waals surface area contributed by atoms with Crippen molar-refractivity contribution in [2.24, 2.45) is 5.92 Å². The maximum absolute atomic E-state index is 12.7. The molecule has 0 unspecified atom stereocenters. The lowest BCUT2D eigenvalue weighted by Gasteiger charge is -2.30. The molecule has 0 radical (unpaired) electrons. The van der Waals surface area contributed by atoms with Gasteiger partial charge < -0.3 is 9.26 Å². The number of piperidine rings is 1. The van der Waals surface area contributed by atoms with E-state index in [2.05, 4.69) is 15.0 Å². The molecule has 0 N–H and O–H groups in total. The second kappa shape index (κ2) is 8.80. The Morgan fingerprint density at radius 1 is 1.11 bits per heavy atom. The summed E-state index contributed by atoms with van der Waals surface area (Å²) in [6, 6.07) is 19.1. The monoisotopic (exact) mass is 377 g/mol. The smallest absolute Gasteiger partial charge is 0.240 e. The number of ether oxygens (including phenoxy) is 1. The predicted octanol–water partition coefficient (Wildman–Crippen LogP) is 3.74. The third-order valence-corrected chi connectivity index (χ3v) is 4.91. The first-order valence-electron chi connectivity index (χ1n) is 9.59. The molecule has 2 aromatic carbocycles. The van der Waals surface area contributed by atoms with Crippen LogP contribution in [0.5, 0.6) is 5.75 Å². The molecule has 1 aliphatic rings. The minimum atomic E-state index is 0.0138. The topological polar surface area (TPSA) is 68.5 Å². The summed E-state index contributed by atoms with van der Waals surface area (Å²) >= 11 is 0. The summed E-state index contributed by atoms with van der Waals surface area (Å²) < 4.78 is 11.0. The molecule has 1 atom stereocenters. The number of carbonyl (C=O) groups excluding carboxylic acids is 1. The van der Waals surface area contributed by atoms with Crippen LogP contribution < -0.4 is 4.74 Å². The largest absolute Gasteiger partial charge is 0.485 e. The number of Topliss-reactive ketones (excluding diaryl/α,β-unsaturated/α-hetero) is 1. The summed E-state index contributed by atoms with van der Waals surface area (Å²) in [5.74, 6) is 2.08. The summed E-state index contributed by atoms with van der Waals surface area (Å²) in [4.78, 5) is 19.4. The molecule has 1 aromatic heterocycles. The Morgan fingerprint density at radius 3 is 2.64 bits per heavy atom. The molecule has 28 heavy (non-hydrogen) atoms. The molecule has 0 spiro atoms. The van der Waals surface area contributed by atoms with Crippen molar-refractivity contribution in [3.63, 3.8) is 0 Å². The van der Waals surface area contributed by atoms with Gasteiger partial charge in [0.15, 0.2) is 12.4 Å². The highest BCUT2D eigenvalue weighted by Crippen LogP contribution is 2.22. The van der Waals surface area contributed by atoms with E-state index in [0.717, 1.165) is 30.7 Å². The quantitative estimate of drug-likeness (QED) is 0.584. The van der Waals surface area contributed by atoms with Crippen molar-refractivity contribution in [1.82, 2.24) is 15.0 Å². The van der Waals surface area contributed by atoms with Crippen molar-refractivity contribution in [2.75, 3.05) is 13.1 Å². The Labute approximate surface area is 164 Å². The van der Waals surface area contributed by atoms with E-state index in [1.165, 1.54) is 0 Å². The van der Waals surface area contributed by atoms with E-state index >= 15 is 0 Å². The molecule has 0 aliphatic carbocycles. The van der Waals surface area contributed by atoms with Gasteiger partial charge in [-0.05, 0) is 31.5 Å². The second-order valence-corrected chi connectivity index (χ2v) is 7.01. The normalized spacial score (nSPS) is 17.4. The number of rotatable bonds is 7. The fraction of sp³-hybridized carbons (Fsp3) is 0.318. The molecule has 6 nitrogen and oxygen atoms in total. The number of carbonyl (C=O) groups is 1. The number of benzene rings is 2. The van der Waals surface area contributed by atoms with Crippen molar-refractivity contribution in [1.29, 1.82) is 0 Å². The maximum atomic E-state index is 12.7. The van der Waals surface area contributed by atoms with Crippen molar-refractivity contribution in [3.8, 4) is 5.75 Å². The summed E-state index contributed by atoms with van der Waals surface area (Å²) in [5, 5.41) is 3.99. The van der Waals surface area contributed by atoms with E-state index in [4.69, 9.17) is 9.26 Å². The lowest BCUT2D eigenvalue weighted by molar-refractivity contribution is 0.0797. The van der Waals surface area contributed by atoms with Gasteiger partial charge in [-0.1, -0.05) is 53.7 Å². The molecule has 0 bridgehead atoms. The van der Waals surface area contributed by atoms with Crippen LogP contribution in [0.15, 0.2) is 65.2 Å². The summed E-state index contributed by atoms with van der Waals surface area (Å²) in [6.07, 6.45) is 1.91. The van der Waals surface area contributed by atoms with Gasteiger partial charge in [0.05, 0.1) is 6.54 Å². The minimum Gasteiger partial charge on any atom is -0.485 e. The third kappa shape index (κ3) is 4.64. The van der Waals surface area contributed by atoms with E-state index in [9.17, 15) is 4.79 Å². The average molecular weight is 377 g/mol. The molecule has 2 heterocycles. The highest BCUT2D eigenvalue weighted by atomic mass is 16.5. The van der Waals surface area contributed by atoms with Crippen LogP contribution in [0.25, 0.3) is 0 Å². The second-order valence-electron chi connectivity index (χ2n) is 7.01. The van der Waals surface area contributed by atoms with E-state index in [0.29, 0.717) is 24.8 Å². The van der Waals surface area contributed by atoms with Gasteiger partial charge >= 0.3 is 0 Å². The Kier molecular flexibility index (Phi) is 5.77. The molecule has 6 heteroatoms. The van der Waals surface area contributed by atoms with Crippen LogP contribution in [-0.2, 0) is 13.2 Å². The van der Waals surface area contributed by atoms with Crippen LogP contribution >= 0.6 is 0 Å². The molecule has 4 rings (SSSR count). The molecule has 1 aliphatic heterocycles. The van der Waals surface area contributed by atoms with Crippen LogP contribution in [0.1, 0.15) is 34.9 Å². The van der Waals surface area contributed by atoms with Gasteiger partial charge in [-0.2, -0.15) is 4.98 Å². The first-order chi connectivity index (χ1) is 13.8. The van der Waals surface area contributed by atoms with Crippen LogP contribution in [0.3, 0.4) is 0 Å². The van der Waals surface area contributed by atoms with Crippen LogP contribution in [0.4, 0.5) is 0 Å². The highest BCUT2D eigenvalue weighted by molar-refractivity contribution is 5.98. The molecule has 0 saturated carbocycles. The molecular weight excluding hydrogens is 354 g/mol. The number of nitrogens with zero attached hydrogens (tertiary/aromatic N) is 3. The Balaban J connectivity index is 1.32. The van der Waals surface area contributed by atoms with Crippen molar-refractivity contribution in [3.05, 3.63) is 77.9 Å². The number of para-hydroxylation sites is 1. The SMILES string of the molecule is O=C(c1ccccc1)[C@@H]1CCCN(Cc2nc(COc3ccccc3)no2)C1. The first-order valence-corrected chi connectivity index (χ1v) is 9.59. The molecule has 144 valence electrons. The fourth-order valence-corrected chi connectivity index (χ4v) is 3.52. The molecule has 1 saturated heterocycles. The van der Waals surface area contributed by atoms with Gasteiger partial charge in [0.1, 0.15) is 5.75 Å². The van der Waals surface area contributed by atoms with Crippen LogP contribution in [-0.4, -0.2) is 33.9 Å². The van der Waals surface area contributed by atoms with E-state index in [-0.39, 0.29) is 18.3 Å². The van der Waals surface area contributed by atoms with Gasteiger partial charge in [0, 0.05) is 18.0 Å². The van der Waals surface area contributed by atoms with E-state index in [1.807, 2.05) is 60.7 Å². The number of aromatic nitrogens is 2. The third-order valence-electron chi connectivity index (χ3n) is 4.91. The minimum absolute atomic E-state index is 0.0138. The van der Waals surface area contributed by atoms with Crippen molar-refractivity contribution < 1.29 is 14.1 Å². The Hall–Kier alpha value is -2.99. The highest BCUT2D eigenvalue weighted by Gasteiger charge is 2.27. The van der Waals surface area contributed by atoms with Crippen LogP contribution in [0, 0.1) is 5.92 Å². The lowest BCUT2D eigenvalue weighted by Crippen LogP contribution is -2.38. The molecule has 0 amide bonds. The zero-order valence-corrected chi connectivity index (χ0v) is 15.7. The number of hydrogen-bond donors (Lipinski definition) is 0. The van der Waals surface area contributed by atoms with Gasteiger partial charge in [-0.3, -0.25) is 9.69 Å². The Bertz CT molecular complexity index is 896. The molecule has 3 aromatic rings. The van der Waals surface area contributed by atoms with Crippen molar-refractivity contribution >= 4 is 5.78 Å². The first kappa shape index (κ1) is 18.4. The van der Waals surface area contributed by atoms with Gasteiger partial charge in [-0.25, -0.2) is 0 Å². The molecular formula is C22H23N3O3. The molecule has 1 fully saturated rings. The number of ketones is 1. The van der Waals surface area contributed by atoms with Gasteiger partial charge in [0.2, 0.25) is 11.7 Å². The number of hydrogen-bond acceptors (Lipinski definition) is 6. The Morgan fingerprint density at radius 2 is 1.86 bits per heavy atom. The van der Waals surface area contributed by atoms with Gasteiger partial charge in [0.25, 0.3) is 0 Å². The summed E-state index contributed by atoms with van der Waals surface area (Å²) in [6.45, 7) is 2.46. The average Bonchev–Trinajstić information content (AvgIpc) is 3.20. The van der Waals surface area contributed by atoms with E-state index in [1.54, 1.807) is 0 Å². The lowest BCUT2D eigenvalue weighted by atomic mass is 9.90. The maximum Gasteiger partial charge on any atom is 0.240 e. The van der Waals surface area contributed by atoms with Gasteiger partial charge in [-0.15, -0.1) is 0 Å². The number of likely N-dealkylation sites (tertiary alicyclic amines) is 1. The predicted molar refractivity (Wildman–Crippen MR) is 104 cm³/mol. The zero-order valence-electron chi connectivity index (χ0n) is 15.7. The zero-order chi connectivity index (χ0) is 19.2.